The minimum Gasteiger partial charge on any atom is -0.507 e. The average Bonchev–Trinajstić information content (AvgIpc) is 3.42. The fourth-order valence-electron chi connectivity index (χ4n) is 3.27. The zero-order valence-corrected chi connectivity index (χ0v) is 17.5. The molecule has 1 atom stereocenters. The number of esters is 1. The van der Waals surface area contributed by atoms with E-state index in [-0.39, 0.29) is 18.8 Å². The van der Waals surface area contributed by atoms with Gasteiger partial charge in [-0.05, 0) is 24.6 Å². The van der Waals surface area contributed by atoms with Crippen LogP contribution in [0, 0.1) is 0 Å². The van der Waals surface area contributed by atoms with Gasteiger partial charge >= 0.3 is 5.97 Å². The minimum atomic E-state index is -0.869. The number of nitrogens with zero attached hydrogens (tertiary/aromatic N) is 1. The van der Waals surface area contributed by atoms with E-state index in [4.69, 9.17) is 9.57 Å². The van der Waals surface area contributed by atoms with Gasteiger partial charge in [0.05, 0.1) is 12.3 Å². The Morgan fingerprint density at radius 2 is 1.90 bits per heavy atom. The second-order valence-corrected chi connectivity index (χ2v) is 7.66. The third-order valence-electron chi connectivity index (χ3n) is 4.77. The number of anilines is 1. The summed E-state index contributed by atoms with van der Waals surface area (Å²) in [5.74, 6) is -0.862. The van der Waals surface area contributed by atoms with Gasteiger partial charge < -0.3 is 20.0 Å². The molecule has 0 fully saturated rings. The Morgan fingerprint density at radius 3 is 2.65 bits per heavy atom. The number of nitrogens with one attached hydrogen (secondary N) is 1. The van der Waals surface area contributed by atoms with E-state index in [0.29, 0.717) is 27.4 Å². The largest absolute Gasteiger partial charge is 0.507 e. The van der Waals surface area contributed by atoms with E-state index in [1.165, 1.54) is 11.3 Å². The highest BCUT2D eigenvalue weighted by Crippen LogP contribution is 2.36. The summed E-state index contributed by atoms with van der Waals surface area (Å²) in [6, 6.07) is 16.2. The van der Waals surface area contributed by atoms with Crippen molar-refractivity contribution in [2.45, 2.75) is 19.4 Å². The summed E-state index contributed by atoms with van der Waals surface area (Å²) in [5, 5.41) is 19.0. The first-order valence-electron chi connectivity index (χ1n) is 9.74. The van der Waals surface area contributed by atoms with Crippen molar-refractivity contribution in [3.05, 3.63) is 71.1 Å². The third kappa shape index (κ3) is 4.29. The van der Waals surface area contributed by atoms with E-state index >= 15 is 0 Å². The summed E-state index contributed by atoms with van der Waals surface area (Å²) >= 11 is 1.25. The number of oxime groups is 1. The summed E-state index contributed by atoms with van der Waals surface area (Å²) in [6.45, 7) is 1.95. The van der Waals surface area contributed by atoms with Crippen LogP contribution in [0.5, 0.6) is 5.75 Å². The minimum absolute atomic E-state index is 0.0706. The van der Waals surface area contributed by atoms with E-state index in [0.717, 1.165) is 5.56 Å². The molecule has 1 aromatic heterocycles. The Morgan fingerprint density at radius 1 is 1.16 bits per heavy atom. The second-order valence-electron chi connectivity index (χ2n) is 6.78. The van der Waals surface area contributed by atoms with Crippen LogP contribution in [-0.4, -0.2) is 35.4 Å². The first-order valence-corrected chi connectivity index (χ1v) is 10.6. The molecule has 1 unspecified atom stereocenters. The molecule has 0 bridgehead atoms. The monoisotopic (exact) mass is 436 g/mol. The van der Waals surface area contributed by atoms with Gasteiger partial charge in [0.1, 0.15) is 16.3 Å². The summed E-state index contributed by atoms with van der Waals surface area (Å²) in [7, 11) is 0. The number of phenolic OH excluding ortho intramolecular Hbond substituents is 1. The zero-order chi connectivity index (χ0) is 21.8. The topological polar surface area (TPSA) is 97.2 Å². The standard InChI is InChI=1S/C23H20N2O5S/c1-2-29-23(28)20-16(14-8-4-3-5-9-14)13-31-22(20)24-21(27)19-12-17(25-30-19)15-10-6-7-11-18(15)26/h3-11,13,19,26H,2,12H2,1H3,(H,24,27). The zero-order valence-electron chi connectivity index (χ0n) is 16.7. The van der Waals surface area contributed by atoms with Crippen LogP contribution in [0.1, 0.15) is 29.3 Å². The number of phenols is 1. The normalized spacial score (nSPS) is 15.1. The van der Waals surface area contributed by atoms with Gasteiger partial charge in [0.15, 0.2) is 0 Å². The molecule has 1 aliphatic rings. The van der Waals surface area contributed by atoms with Gasteiger partial charge in [0.2, 0.25) is 6.10 Å². The summed E-state index contributed by atoms with van der Waals surface area (Å²) in [4.78, 5) is 30.8. The molecule has 0 aliphatic carbocycles. The molecule has 31 heavy (non-hydrogen) atoms. The van der Waals surface area contributed by atoms with Crippen LogP contribution in [0.4, 0.5) is 5.00 Å². The number of thiophene rings is 1. The molecule has 0 radical (unpaired) electrons. The van der Waals surface area contributed by atoms with Crippen molar-refractivity contribution in [1.82, 2.24) is 0 Å². The van der Waals surface area contributed by atoms with E-state index < -0.39 is 18.0 Å². The van der Waals surface area contributed by atoms with Crippen molar-refractivity contribution in [2.24, 2.45) is 5.16 Å². The van der Waals surface area contributed by atoms with Crippen LogP contribution in [-0.2, 0) is 14.4 Å². The molecular weight excluding hydrogens is 416 g/mol. The number of hydrogen-bond acceptors (Lipinski definition) is 7. The lowest BCUT2D eigenvalue weighted by molar-refractivity contribution is -0.125. The highest BCUT2D eigenvalue weighted by Gasteiger charge is 2.32. The van der Waals surface area contributed by atoms with Gasteiger partial charge in [0, 0.05) is 22.9 Å². The third-order valence-corrected chi connectivity index (χ3v) is 5.66. The van der Waals surface area contributed by atoms with E-state index in [1.807, 2.05) is 35.7 Å². The number of hydrogen-bond donors (Lipinski definition) is 2. The molecule has 2 N–H and O–H groups in total. The first-order chi connectivity index (χ1) is 15.1. The van der Waals surface area contributed by atoms with Crippen LogP contribution >= 0.6 is 11.3 Å². The number of carbonyl (C=O) groups is 2. The molecule has 7 nitrogen and oxygen atoms in total. The van der Waals surface area contributed by atoms with Crippen molar-refractivity contribution in [3.8, 4) is 16.9 Å². The predicted molar refractivity (Wildman–Crippen MR) is 118 cm³/mol. The highest BCUT2D eigenvalue weighted by molar-refractivity contribution is 7.15. The number of aromatic hydroxyl groups is 1. The Bertz CT molecular complexity index is 1140. The molecule has 1 aliphatic heterocycles. The van der Waals surface area contributed by atoms with Gasteiger partial charge in [-0.3, -0.25) is 4.79 Å². The molecule has 1 amide bonds. The van der Waals surface area contributed by atoms with Gasteiger partial charge in [-0.2, -0.15) is 0 Å². The maximum atomic E-state index is 12.8. The van der Waals surface area contributed by atoms with E-state index in [2.05, 4.69) is 10.5 Å². The van der Waals surface area contributed by atoms with Gasteiger partial charge in [0.25, 0.3) is 5.91 Å². The lowest BCUT2D eigenvalue weighted by Crippen LogP contribution is -2.28. The Balaban J connectivity index is 1.54. The number of rotatable bonds is 6. The molecule has 158 valence electrons. The van der Waals surface area contributed by atoms with Crippen LogP contribution < -0.4 is 5.32 Å². The Hall–Kier alpha value is -3.65. The molecule has 4 rings (SSSR count). The number of amides is 1. The Kier molecular flexibility index (Phi) is 5.99. The average molecular weight is 436 g/mol. The van der Waals surface area contributed by atoms with Crippen LogP contribution in [0.2, 0.25) is 0 Å². The molecule has 8 heteroatoms. The summed E-state index contributed by atoms with van der Waals surface area (Å²) in [6.07, 6.45) is -0.665. The number of ether oxygens (including phenoxy) is 1. The van der Waals surface area contributed by atoms with Crippen molar-refractivity contribution < 1.29 is 24.3 Å². The smallest absolute Gasteiger partial charge is 0.341 e. The quantitative estimate of drug-likeness (QED) is 0.557. The predicted octanol–water partition coefficient (Wildman–Crippen LogP) is 4.43. The SMILES string of the molecule is CCOC(=O)c1c(-c2ccccc2)csc1NC(=O)C1CC(c2ccccc2O)=NO1. The lowest BCUT2D eigenvalue weighted by atomic mass is 10.0. The maximum absolute atomic E-state index is 12.8. The van der Waals surface area contributed by atoms with Crippen LogP contribution in [0.25, 0.3) is 11.1 Å². The fraction of sp³-hybridized carbons (Fsp3) is 0.174. The first kappa shape index (κ1) is 20.6. The maximum Gasteiger partial charge on any atom is 0.341 e. The molecule has 0 saturated heterocycles. The fourth-order valence-corrected chi connectivity index (χ4v) is 4.23. The second kappa shape index (κ2) is 9.01. The Labute approximate surface area is 182 Å². The van der Waals surface area contributed by atoms with E-state index in [1.54, 1.807) is 31.2 Å². The molecular formula is C23H20N2O5S. The highest BCUT2D eigenvalue weighted by atomic mass is 32.1. The van der Waals surface area contributed by atoms with Gasteiger partial charge in [-0.1, -0.05) is 47.6 Å². The van der Waals surface area contributed by atoms with Crippen molar-refractivity contribution in [2.75, 3.05) is 11.9 Å². The molecule has 2 heterocycles. The van der Waals surface area contributed by atoms with Gasteiger partial charge in [-0.15, -0.1) is 11.3 Å². The van der Waals surface area contributed by atoms with E-state index in [9.17, 15) is 14.7 Å². The van der Waals surface area contributed by atoms with Crippen molar-refractivity contribution in [3.63, 3.8) is 0 Å². The molecule has 3 aromatic rings. The summed E-state index contributed by atoms with van der Waals surface area (Å²) in [5.41, 5.74) is 2.86. The lowest BCUT2D eigenvalue weighted by Gasteiger charge is -2.11. The van der Waals surface area contributed by atoms with Crippen molar-refractivity contribution >= 4 is 33.9 Å². The van der Waals surface area contributed by atoms with Crippen molar-refractivity contribution in [1.29, 1.82) is 0 Å². The summed E-state index contributed by atoms with van der Waals surface area (Å²) < 4.78 is 5.22. The van der Waals surface area contributed by atoms with Crippen LogP contribution in [0.15, 0.2) is 65.1 Å². The molecule has 0 saturated carbocycles. The number of benzene rings is 2. The van der Waals surface area contributed by atoms with Gasteiger partial charge in [-0.25, -0.2) is 4.79 Å². The molecule has 2 aromatic carbocycles. The number of para-hydroxylation sites is 1. The molecule has 0 spiro atoms. The number of carbonyl (C=O) groups excluding carboxylic acids is 2. The van der Waals surface area contributed by atoms with Crippen LogP contribution in [0.3, 0.4) is 0 Å².